The molecule has 1 N–H and O–H groups in total. The summed E-state index contributed by atoms with van der Waals surface area (Å²) >= 11 is 12.4. The Balaban J connectivity index is 1.42. The number of benzene rings is 3. The van der Waals surface area contributed by atoms with Gasteiger partial charge in [-0.15, -0.1) is 0 Å². The minimum atomic E-state index is -3.71. The smallest absolute Gasteiger partial charge is 0.322 e. The van der Waals surface area contributed by atoms with E-state index in [0.29, 0.717) is 36.0 Å². The van der Waals surface area contributed by atoms with Crippen LogP contribution >= 0.6 is 23.2 Å². The molecule has 0 atom stereocenters. The Morgan fingerprint density at radius 2 is 1.54 bits per heavy atom. The van der Waals surface area contributed by atoms with Gasteiger partial charge < -0.3 is 4.74 Å². The summed E-state index contributed by atoms with van der Waals surface area (Å²) in [6.07, 6.45) is 1.25. The first-order valence-electron chi connectivity index (χ1n) is 12.9. The molecule has 1 aliphatic rings. The van der Waals surface area contributed by atoms with Gasteiger partial charge in [-0.3, -0.25) is 9.89 Å². The average Bonchev–Trinajstić information content (AvgIpc) is 3.34. The first-order valence-corrected chi connectivity index (χ1v) is 15.2. The fraction of sp³-hybridized carbons (Fsp3) is 0.310. The maximum absolute atomic E-state index is 12.7. The van der Waals surface area contributed by atoms with Crippen LogP contribution in [0.4, 0.5) is 0 Å². The van der Waals surface area contributed by atoms with Crippen molar-refractivity contribution in [1.82, 2.24) is 14.5 Å². The topological polar surface area (TPSA) is 92.4 Å². The molecule has 1 aliphatic heterocycles. The molecule has 39 heavy (non-hydrogen) atoms. The monoisotopic (exact) mass is 585 g/mol. The minimum absolute atomic E-state index is 0.0402. The van der Waals surface area contributed by atoms with Crippen molar-refractivity contribution < 1.29 is 17.9 Å². The number of carbonyl (C=O) groups excluding carboxylic acids is 1. The number of nitrogens with zero attached hydrogens (tertiary/aromatic N) is 2. The zero-order chi connectivity index (χ0) is 27.6. The third kappa shape index (κ3) is 6.14. The van der Waals surface area contributed by atoms with Crippen LogP contribution in [-0.2, 0) is 19.6 Å². The van der Waals surface area contributed by atoms with Crippen LogP contribution in [0.1, 0.15) is 54.0 Å². The van der Waals surface area contributed by atoms with Gasteiger partial charge in [0.2, 0.25) is 10.0 Å². The number of H-pyrrole nitrogens is 1. The first-order chi connectivity index (χ1) is 18.7. The quantitative estimate of drug-likeness (QED) is 0.198. The highest BCUT2D eigenvalue weighted by atomic mass is 35.5. The van der Waals surface area contributed by atoms with E-state index in [1.165, 1.54) is 4.31 Å². The van der Waals surface area contributed by atoms with Crippen LogP contribution in [0.25, 0.3) is 10.9 Å². The Labute approximate surface area is 238 Å². The van der Waals surface area contributed by atoms with Crippen molar-refractivity contribution in [2.45, 2.75) is 31.6 Å². The molecule has 0 bridgehead atoms. The van der Waals surface area contributed by atoms with Crippen LogP contribution in [0.15, 0.2) is 66.7 Å². The Morgan fingerprint density at radius 1 is 0.974 bits per heavy atom. The molecule has 0 aliphatic carbocycles. The molecule has 3 aromatic carbocycles. The summed E-state index contributed by atoms with van der Waals surface area (Å²) in [5.41, 5.74) is 5.17. The predicted molar refractivity (Wildman–Crippen MR) is 154 cm³/mol. The highest BCUT2D eigenvalue weighted by Crippen LogP contribution is 2.37. The average molecular weight is 587 g/mol. The van der Waals surface area contributed by atoms with Crippen LogP contribution in [0.5, 0.6) is 0 Å². The molecule has 2 heterocycles. The third-order valence-electron chi connectivity index (χ3n) is 7.21. The number of hydrogen-bond donors (Lipinski definition) is 1. The summed E-state index contributed by atoms with van der Waals surface area (Å²) < 4.78 is 31.6. The van der Waals surface area contributed by atoms with E-state index in [-0.39, 0.29) is 18.4 Å². The van der Waals surface area contributed by atoms with E-state index in [4.69, 9.17) is 27.9 Å². The van der Waals surface area contributed by atoms with E-state index < -0.39 is 21.7 Å². The molecule has 10 heteroatoms. The van der Waals surface area contributed by atoms with Gasteiger partial charge in [-0.05, 0) is 72.9 Å². The zero-order valence-corrected chi connectivity index (χ0v) is 23.8. The van der Waals surface area contributed by atoms with Gasteiger partial charge in [-0.2, -0.15) is 5.10 Å². The summed E-state index contributed by atoms with van der Waals surface area (Å²) in [6.45, 7) is 2.49. The zero-order valence-electron chi connectivity index (χ0n) is 21.4. The Morgan fingerprint density at radius 3 is 2.10 bits per heavy atom. The predicted octanol–water partition coefficient (Wildman–Crippen LogP) is 6.12. The van der Waals surface area contributed by atoms with E-state index in [1.54, 1.807) is 6.92 Å². The third-order valence-corrected chi connectivity index (χ3v) is 9.47. The van der Waals surface area contributed by atoms with Crippen molar-refractivity contribution in [2.24, 2.45) is 0 Å². The second-order valence-electron chi connectivity index (χ2n) is 9.68. The lowest BCUT2D eigenvalue weighted by Gasteiger charge is -2.30. The number of fused-ring (bicyclic) bond motifs is 1. The second kappa shape index (κ2) is 11.7. The highest BCUT2D eigenvalue weighted by Gasteiger charge is 2.32. The molecule has 1 saturated heterocycles. The van der Waals surface area contributed by atoms with Crippen molar-refractivity contribution >= 4 is 50.1 Å². The number of aromatic nitrogens is 2. The maximum Gasteiger partial charge on any atom is 0.322 e. The molecule has 0 unspecified atom stereocenters. The number of hydrogen-bond acceptors (Lipinski definition) is 5. The standard InChI is InChI=1S/C29H29Cl2N3O4S/c1-2-38-27(35)18-39(36,37)34-15-13-21(14-16-34)29-25-17-22(7-12-26(25)32-33-29)28(19-3-8-23(30)9-4-19)20-5-10-24(31)11-6-20/h3-12,17,21,28H,2,13-16,18H2,1H3,(H,32,33). The molecular weight excluding hydrogens is 557 g/mol. The number of halogens is 2. The highest BCUT2D eigenvalue weighted by molar-refractivity contribution is 7.89. The molecule has 0 radical (unpaired) electrons. The number of sulfonamides is 1. The molecule has 0 amide bonds. The van der Waals surface area contributed by atoms with Gasteiger partial charge in [-0.1, -0.05) is 53.5 Å². The fourth-order valence-electron chi connectivity index (χ4n) is 5.29. The van der Waals surface area contributed by atoms with Crippen LogP contribution in [0.2, 0.25) is 10.0 Å². The molecule has 204 valence electrons. The van der Waals surface area contributed by atoms with Crippen molar-refractivity contribution in [2.75, 3.05) is 25.4 Å². The van der Waals surface area contributed by atoms with Crippen LogP contribution in [0.3, 0.4) is 0 Å². The lowest BCUT2D eigenvalue weighted by atomic mass is 9.84. The van der Waals surface area contributed by atoms with Crippen LogP contribution in [-0.4, -0.2) is 54.3 Å². The van der Waals surface area contributed by atoms with Crippen molar-refractivity contribution in [3.8, 4) is 0 Å². The van der Waals surface area contributed by atoms with E-state index in [2.05, 4.69) is 22.3 Å². The molecule has 5 rings (SSSR count). The molecule has 0 spiro atoms. The maximum atomic E-state index is 12.7. The van der Waals surface area contributed by atoms with E-state index >= 15 is 0 Å². The number of esters is 1. The van der Waals surface area contributed by atoms with Crippen molar-refractivity contribution in [1.29, 1.82) is 0 Å². The molecule has 1 aromatic heterocycles. The normalized spacial score (nSPS) is 15.2. The second-order valence-corrected chi connectivity index (χ2v) is 12.5. The minimum Gasteiger partial charge on any atom is -0.465 e. The van der Waals surface area contributed by atoms with E-state index in [1.807, 2.05) is 54.6 Å². The van der Waals surface area contributed by atoms with Gasteiger partial charge in [0.1, 0.15) is 0 Å². The summed E-state index contributed by atoms with van der Waals surface area (Å²) in [5.74, 6) is -1.27. The number of carbonyl (C=O) groups is 1. The van der Waals surface area contributed by atoms with Crippen LogP contribution in [0, 0.1) is 0 Å². The summed E-state index contributed by atoms with van der Waals surface area (Å²) in [7, 11) is -3.71. The van der Waals surface area contributed by atoms with Gasteiger partial charge in [-0.25, -0.2) is 12.7 Å². The lowest BCUT2D eigenvalue weighted by Crippen LogP contribution is -2.41. The molecule has 4 aromatic rings. The fourth-order valence-corrected chi connectivity index (χ4v) is 6.87. The largest absolute Gasteiger partial charge is 0.465 e. The summed E-state index contributed by atoms with van der Waals surface area (Å²) in [4.78, 5) is 11.8. The van der Waals surface area contributed by atoms with Crippen molar-refractivity contribution in [3.63, 3.8) is 0 Å². The van der Waals surface area contributed by atoms with Gasteiger partial charge in [0, 0.05) is 46.1 Å². The Bertz CT molecular complexity index is 1520. The molecule has 7 nitrogen and oxygen atoms in total. The number of aromatic amines is 1. The molecule has 1 fully saturated rings. The molecule has 0 saturated carbocycles. The van der Waals surface area contributed by atoms with Crippen molar-refractivity contribution in [3.05, 3.63) is 99.2 Å². The van der Waals surface area contributed by atoms with Gasteiger partial charge >= 0.3 is 5.97 Å². The number of nitrogens with one attached hydrogen (secondary N) is 1. The summed E-state index contributed by atoms with van der Waals surface area (Å²) in [6, 6.07) is 22.0. The lowest BCUT2D eigenvalue weighted by molar-refractivity contribution is -0.140. The van der Waals surface area contributed by atoms with Crippen LogP contribution < -0.4 is 0 Å². The number of piperidine rings is 1. The number of rotatable bonds is 8. The Kier molecular flexibility index (Phi) is 8.28. The van der Waals surface area contributed by atoms with Gasteiger partial charge in [0.05, 0.1) is 12.1 Å². The summed E-state index contributed by atoms with van der Waals surface area (Å²) in [5, 5.41) is 10.1. The van der Waals surface area contributed by atoms with Gasteiger partial charge in [0.25, 0.3) is 0 Å². The molecular formula is C29H29Cl2N3O4S. The number of ether oxygens (including phenoxy) is 1. The first kappa shape index (κ1) is 27.6. The van der Waals surface area contributed by atoms with Gasteiger partial charge in [0.15, 0.2) is 5.75 Å². The van der Waals surface area contributed by atoms with E-state index in [9.17, 15) is 13.2 Å². The Hall–Kier alpha value is -2.91. The SMILES string of the molecule is CCOC(=O)CS(=O)(=O)N1CCC(c2[nH]nc3ccc(C(c4ccc(Cl)cc4)c4ccc(Cl)cc4)cc23)CC1. The van der Waals surface area contributed by atoms with E-state index in [0.717, 1.165) is 33.3 Å².